The van der Waals surface area contributed by atoms with Crippen molar-refractivity contribution in [1.29, 1.82) is 0 Å². The minimum absolute atomic E-state index is 0.0182. The quantitative estimate of drug-likeness (QED) is 0.156. The number of carbonyl (C=O) groups is 4. The first kappa shape index (κ1) is 40.1. The SMILES string of the molecule is COc1ccc(CC2NC(=O)/C=C/CC(C[C@@]3(C#Cc4ccccc4)O[C@@H]3c3ccccc3)OC(=O)[C@H](CC(C)C)OC(=O)C(C)(C)CNC2=O)cc1Cl. The van der Waals surface area contributed by atoms with Crippen LogP contribution < -0.4 is 15.4 Å². The number of rotatable bonds is 8. The summed E-state index contributed by atoms with van der Waals surface area (Å²) in [6.07, 6.45) is 1.08. The van der Waals surface area contributed by atoms with E-state index in [0.717, 1.165) is 11.1 Å². The molecule has 2 aliphatic heterocycles. The van der Waals surface area contributed by atoms with Crippen LogP contribution in [0, 0.1) is 23.2 Å². The molecule has 3 aromatic rings. The second-order valence-electron chi connectivity index (χ2n) is 14.7. The highest BCUT2D eigenvalue weighted by Crippen LogP contribution is 2.53. The van der Waals surface area contributed by atoms with Gasteiger partial charge in [-0.1, -0.05) is 98.0 Å². The molecule has 10 nitrogen and oxygen atoms in total. The van der Waals surface area contributed by atoms with Crippen LogP contribution in [0.5, 0.6) is 5.75 Å². The number of hydrogen-bond acceptors (Lipinski definition) is 8. The molecule has 0 aromatic heterocycles. The van der Waals surface area contributed by atoms with Crippen molar-refractivity contribution >= 4 is 35.4 Å². The number of epoxide rings is 1. The molecule has 1 saturated heterocycles. The molecule has 0 spiro atoms. The fraction of sp³-hybridized carbons (Fsp3) is 0.395. The van der Waals surface area contributed by atoms with Crippen LogP contribution in [0.1, 0.15) is 69.8 Å². The maximum absolute atomic E-state index is 13.9. The monoisotopic (exact) mass is 754 g/mol. The maximum atomic E-state index is 13.9. The molecule has 0 aliphatic carbocycles. The molecule has 2 unspecified atom stereocenters. The number of hydrogen-bond donors (Lipinski definition) is 2. The summed E-state index contributed by atoms with van der Waals surface area (Å²) in [5.41, 5.74) is 0.162. The summed E-state index contributed by atoms with van der Waals surface area (Å²) in [5, 5.41) is 5.92. The molecule has 3 aromatic carbocycles. The Bertz CT molecular complexity index is 1900. The molecule has 2 amide bonds. The lowest BCUT2D eigenvalue weighted by atomic mass is 9.92. The molecular formula is C43H47ClN2O8. The zero-order valence-corrected chi connectivity index (χ0v) is 32.0. The lowest BCUT2D eigenvalue weighted by molar-refractivity contribution is -0.178. The molecule has 2 heterocycles. The van der Waals surface area contributed by atoms with E-state index in [-0.39, 0.29) is 38.1 Å². The zero-order chi connectivity index (χ0) is 38.9. The molecule has 0 bridgehead atoms. The minimum Gasteiger partial charge on any atom is -0.495 e. The van der Waals surface area contributed by atoms with Gasteiger partial charge in [-0.2, -0.15) is 0 Å². The van der Waals surface area contributed by atoms with Gasteiger partial charge >= 0.3 is 11.9 Å². The molecule has 1 fully saturated rings. The first-order valence-corrected chi connectivity index (χ1v) is 18.5. The number of amides is 2. The first-order chi connectivity index (χ1) is 25.8. The number of methoxy groups -OCH3 is 1. The Morgan fingerprint density at radius 1 is 0.963 bits per heavy atom. The summed E-state index contributed by atoms with van der Waals surface area (Å²) >= 11 is 6.36. The van der Waals surface area contributed by atoms with Gasteiger partial charge in [0.15, 0.2) is 11.7 Å². The molecule has 284 valence electrons. The molecule has 2 aliphatic rings. The first-order valence-electron chi connectivity index (χ1n) is 18.1. The largest absolute Gasteiger partial charge is 0.495 e. The Labute approximate surface area is 321 Å². The van der Waals surface area contributed by atoms with Gasteiger partial charge in [0, 0.05) is 31.4 Å². The number of benzene rings is 3. The summed E-state index contributed by atoms with van der Waals surface area (Å²) in [4.78, 5) is 54.4. The van der Waals surface area contributed by atoms with Crippen LogP contribution in [0.4, 0.5) is 0 Å². The van der Waals surface area contributed by atoms with E-state index in [0.29, 0.717) is 16.3 Å². The highest BCUT2D eigenvalue weighted by molar-refractivity contribution is 6.32. The molecule has 0 saturated carbocycles. The van der Waals surface area contributed by atoms with Crippen molar-refractivity contribution in [2.24, 2.45) is 11.3 Å². The lowest BCUT2D eigenvalue weighted by Crippen LogP contribution is -2.51. The van der Waals surface area contributed by atoms with Crippen molar-refractivity contribution in [3.8, 4) is 17.6 Å². The summed E-state index contributed by atoms with van der Waals surface area (Å²) in [6.45, 7) is 6.93. The van der Waals surface area contributed by atoms with Gasteiger partial charge in [0.1, 0.15) is 24.0 Å². The second-order valence-corrected chi connectivity index (χ2v) is 15.1. The summed E-state index contributed by atoms with van der Waals surface area (Å²) < 4.78 is 23.6. The van der Waals surface area contributed by atoms with Crippen molar-refractivity contribution in [2.45, 2.75) is 83.3 Å². The Morgan fingerprint density at radius 2 is 1.67 bits per heavy atom. The van der Waals surface area contributed by atoms with E-state index in [1.54, 1.807) is 38.1 Å². The molecule has 2 N–H and O–H groups in total. The average Bonchev–Trinajstić information content (AvgIpc) is 3.86. The van der Waals surface area contributed by atoms with E-state index in [4.69, 9.17) is 30.5 Å². The van der Waals surface area contributed by atoms with Crippen LogP contribution in [0.3, 0.4) is 0 Å². The van der Waals surface area contributed by atoms with Gasteiger partial charge in [0.05, 0.1) is 17.5 Å². The normalized spacial score (nSPS) is 25.2. The standard InChI is InChI=1S/C43H47ClN2O8/c1-28(2)23-36-40(49)52-32(26-43(22-21-29-13-8-6-9-14-29)38(54-43)31-15-10-7-11-16-31)17-12-18-37(47)46-34(25-30-19-20-35(51-5)33(44)24-30)39(48)45-27-42(3,4)41(50)53-36/h6-16,18-20,24,28,32,34,36,38H,17,23,25-27H2,1-5H3,(H,45,48)(H,46,47)/b18-12+/t32?,34?,36-,38+,43+/m0/s1. The molecule has 54 heavy (non-hydrogen) atoms. The topological polar surface area (TPSA) is 133 Å². The van der Waals surface area contributed by atoms with Gasteiger partial charge in [-0.05, 0) is 67.7 Å². The van der Waals surface area contributed by atoms with E-state index in [1.165, 1.54) is 13.2 Å². The average molecular weight is 755 g/mol. The molecule has 11 heteroatoms. The second kappa shape index (κ2) is 17.8. The Hall–Kier alpha value is -5.11. The van der Waals surface area contributed by atoms with E-state index in [2.05, 4.69) is 22.5 Å². The number of halogens is 1. The highest BCUT2D eigenvalue weighted by Gasteiger charge is 2.58. The van der Waals surface area contributed by atoms with Crippen molar-refractivity contribution in [2.75, 3.05) is 13.7 Å². The van der Waals surface area contributed by atoms with Gasteiger partial charge in [-0.25, -0.2) is 4.79 Å². The fourth-order valence-electron chi connectivity index (χ4n) is 6.13. The van der Waals surface area contributed by atoms with Crippen LogP contribution in [-0.4, -0.2) is 61.3 Å². The Morgan fingerprint density at radius 3 is 2.33 bits per heavy atom. The van der Waals surface area contributed by atoms with Gasteiger partial charge in [-0.15, -0.1) is 0 Å². The molecule has 0 radical (unpaired) electrons. The van der Waals surface area contributed by atoms with Crippen molar-refractivity contribution in [3.05, 3.63) is 113 Å². The van der Waals surface area contributed by atoms with Gasteiger partial charge in [-0.3, -0.25) is 14.4 Å². The van der Waals surface area contributed by atoms with Gasteiger partial charge < -0.3 is 29.6 Å². The summed E-state index contributed by atoms with van der Waals surface area (Å²) in [5.74, 6) is 4.55. The van der Waals surface area contributed by atoms with Crippen LogP contribution in [-0.2, 0) is 39.8 Å². The van der Waals surface area contributed by atoms with Gasteiger partial charge in [0.2, 0.25) is 11.8 Å². The van der Waals surface area contributed by atoms with Gasteiger partial charge in [0.25, 0.3) is 0 Å². The minimum atomic E-state index is -1.23. The Kier molecular flexibility index (Phi) is 13.2. The third kappa shape index (κ3) is 10.7. The molecule has 5 atom stereocenters. The fourth-order valence-corrected chi connectivity index (χ4v) is 6.42. The third-order valence-corrected chi connectivity index (χ3v) is 9.51. The molecule has 5 rings (SSSR count). The van der Waals surface area contributed by atoms with Crippen molar-refractivity contribution < 1.29 is 38.1 Å². The zero-order valence-electron chi connectivity index (χ0n) is 31.2. The third-order valence-electron chi connectivity index (χ3n) is 9.21. The highest BCUT2D eigenvalue weighted by atomic mass is 35.5. The number of nitrogens with one attached hydrogen (secondary N) is 2. The smallest absolute Gasteiger partial charge is 0.347 e. The number of carbonyl (C=O) groups excluding carboxylic acids is 4. The van der Waals surface area contributed by atoms with E-state index >= 15 is 0 Å². The predicted octanol–water partition coefficient (Wildman–Crippen LogP) is 6.30. The van der Waals surface area contributed by atoms with Crippen LogP contribution in [0.25, 0.3) is 0 Å². The Balaban J connectivity index is 1.47. The number of ether oxygens (including phenoxy) is 4. The lowest BCUT2D eigenvalue weighted by Gasteiger charge is -2.29. The van der Waals surface area contributed by atoms with Crippen molar-refractivity contribution in [3.63, 3.8) is 0 Å². The van der Waals surface area contributed by atoms with Crippen molar-refractivity contribution in [1.82, 2.24) is 10.6 Å². The van der Waals surface area contributed by atoms with E-state index in [9.17, 15) is 19.2 Å². The predicted molar refractivity (Wildman–Crippen MR) is 204 cm³/mol. The maximum Gasteiger partial charge on any atom is 0.347 e. The van der Waals surface area contributed by atoms with Crippen LogP contribution in [0.15, 0.2) is 91.0 Å². The molecular weight excluding hydrogens is 708 g/mol. The van der Waals surface area contributed by atoms with Crippen LogP contribution >= 0.6 is 11.6 Å². The summed E-state index contributed by atoms with van der Waals surface area (Å²) in [6, 6.07) is 23.3. The number of esters is 2. The number of cyclic esters (lactones) is 2. The van der Waals surface area contributed by atoms with E-state index < -0.39 is 59.1 Å². The van der Waals surface area contributed by atoms with Crippen LogP contribution in [0.2, 0.25) is 5.02 Å². The van der Waals surface area contributed by atoms with E-state index in [1.807, 2.05) is 74.5 Å². The summed E-state index contributed by atoms with van der Waals surface area (Å²) in [7, 11) is 1.50.